The maximum absolute atomic E-state index is 11.5. The van der Waals surface area contributed by atoms with E-state index in [9.17, 15) is 9.90 Å². The second-order valence-electron chi connectivity index (χ2n) is 6.45. The van der Waals surface area contributed by atoms with Gasteiger partial charge < -0.3 is 5.11 Å². The highest BCUT2D eigenvalue weighted by Gasteiger charge is 2.38. The third kappa shape index (κ3) is 3.27. The molecule has 0 aromatic carbocycles. The fourth-order valence-electron chi connectivity index (χ4n) is 4.23. The molecule has 0 amide bonds. The van der Waals surface area contributed by atoms with Gasteiger partial charge in [0.15, 0.2) is 0 Å². The Labute approximate surface area is 111 Å². The molecule has 0 saturated heterocycles. The average molecular weight is 252 g/mol. The molecule has 3 unspecified atom stereocenters. The molecule has 18 heavy (non-hydrogen) atoms. The van der Waals surface area contributed by atoms with Gasteiger partial charge in [-0.15, -0.1) is 0 Å². The van der Waals surface area contributed by atoms with Crippen molar-refractivity contribution in [2.24, 2.45) is 23.7 Å². The molecule has 3 atom stereocenters. The van der Waals surface area contributed by atoms with E-state index in [2.05, 4.69) is 6.92 Å². The highest BCUT2D eigenvalue weighted by Crippen LogP contribution is 2.43. The van der Waals surface area contributed by atoms with E-state index in [-0.39, 0.29) is 5.92 Å². The first-order valence-electron chi connectivity index (χ1n) is 7.95. The molecule has 0 spiro atoms. The summed E-state index contributed by atoms with van der Waals surface area (Å²) in [6.45, 7) is 2.26. The van der Waals surface area contributed by atoms with Crippen LogP contribution in [0.25, 0.3) is 0 Å². The third-order valence-electron chi connectivity index (χ3n) is 5.41. The van der Waals surface area contributed by atoms with E-state index in [0.29, 0.717) is 11.8 Å². The van der Waals surface area contributed by atoms with Gasteiger partial charge >= 0.3 is 5.97 Å². The molecule has 0 aromatic heterocycles. The zero-order chi connectivity index (χ0) is 13.0. The minimum Gasteiger partial charge on any atom is -0.481 e. The minimum absolute atomic E-state index is 0.0455. The van der Waals surface area contributed by atoms with Crippen LogP contribution in [0.1, 0.15) is 71.1 Å². The van der Waals surface area contributed by atoms with Gasteiger partial charge in [-0.05, 0) is 37.0 Å². The van der Waals surface area contributed by atoms with Gasteiger partial charge in [0, 0.05) is 0 Å². The first-order valence-corrected chi connectivity index (χ1v) is 7.95. The van der Waals surface area contributed by atoms with E-state index in [1.165, 1.54) is 51.4 Å². The molecule has 2 saturated carbocycles. The van der Waals surface area contributed by atoms with Crippen molar-refractivity contribution in [1.29, 1.82) is 0 Å². The monoisotopic (exact) mass is 252 g/mol. The Bertz CT molecular complexity index is 266. The summed E-state index contributed by atoms with van der Waals surface area (Å²) in [5, 5.41) is 9.47. The lowest BCUT2D eigenvalue weighted by Gasteiger charge is -2.38. The van der Waals surface area contributed by atoms with Crippen molar-refractivity contribution >= 4 is 5.97 Å². The van der Waals surface area contributed by atoms with Gasteiger partial charge in [-0.25, -0.2) is 0 Å². The Morgan fingerprint density at radius 2 is 1.72 bits per heavy atom. The van der Waals surface area contributed by atoms with Crippen molar-refractivity contribution in [2.45, 2.75) is 71.1 Å². The minimum atomic E-state index is -0.529. The Hall–Kier alpha value is -0.530. The maximum atomic E-state index is 11.5. The Morgan fingerprint density at radius 3 is 2.28 bits per heavy atom. The van der Waals surface area contributed by atoms with Crippen LogP contribution in [-0.2, 0) is 4.79 Å². The second-order valence-corrected chi connectivity index (χ2v) is 6.45. The van der Waals surface area contributed by atoms with Crippen molar-refractivity contribution in [3.05, 3.63) is 0 Å². The fraction of sp³-hybridized carbons (Fsp3) is 0.938. The first kappa shape index (κ1) is 13.9. The summed E-state index contributed by atoms with van der Waals surface area (Å²) in [5.74, 6) is 1.38. The molecule has 2 heteroatoms. The van der Waals surface area contributed by atoms with Gasteiger partial charge in [0.2, 0.25) is 0 Å². The van der Waals surface area contributed by atoms with E-state index >= 15 is 0 Å². The smallest absolute Gasteiger partial charge is 0.306 e. The van der Waals surface area contributed by atoms with E-state index in [0.717, 1.165) is 18.8 Å². The summed E-state index contributed by atoms with van der Waals surface area (Å²) in [6.07, 6.45) is 12.4. The fourth-order valence-corrected chi connectivity index (χ4v) is 4.23. The van der Waals surface area contributed by atoms with E-state index in [1.54, 1.807) is 0 Å². The third-order valence-corrected chi connectivity index (χ3v) is 5.41. The van der Waals surface area contributed by atoms with E-state index in [4.69, 9.17) is 0 Å². The van der Waals surface area contributed by atoms with Crippen LogP contribution in [0.2, 0.25) is 0 Å². The van der Waals surface area contributed by atoms with Crippen LogP contribution in [0.4, 0.5) is 0 Å². The molecule has 2 fully saturated rings. The Balaban J connectivity index is 2.05. The van der Waals surface area contributed by atoms with E-state index in [1.807, 2.05) is 0 Å². The predicted octanol–water partition coefficient (Wildman–Crippen LogP) is 4.48. The topological polar surface area (TPSA) is 37.3 Å². The SMILES string of the molecule is CCC1CCC(C(=O)O)C(C2CCCCCC2)C1. The number of carbonyl (C=O) groups is 1. The van der Waals surface area contributed by atoms with Crippen LogP contribution in [0.15, 0.2) is 0 Å². The maximum Gasteiger partial charge on any atom is 0.306 e. The van der Waals surface area contributed by atoms with Crippen LogP contribution >= 0.6 is 0 Å². The summed E-state index contributed by atoms with van der Waals surface area (Å²) in [6, 6.07) is 0. The molecule has 0 bridgehead atoms. The number of hydrogen-bond acceptors (Lipinski definition) is 1. The van der Waals surface area contributed by atoms with Crippen molar-refractivity contribution in [1.82, 2.24) is 0 Å². The summed E-state index contributed by atoms with van der Waals surface area (Å²) in [5.41, 5.74) is 0. The molecule has 1 N–H and O–H groups in total. The number of hydrogen-bond donors (Lipinski definition) is 1. The predicted molar refractivity (Wildman–Crippen MR) is 73.4 cm³/mol. The zero-order valence-corrected chi connectivity index (χ0v) is 11.7. The lowest BCUT2D eigenvalue weighted by atomic mass is 9.66. The number of carboxylic acid groups (broad SMARTS) is 1. The van der Waals surface area contributed by atoms with Gasteiger partial charge in [0.25, 0.3) is 0 Å². The molecule has 2 aliphatic carbocycles. The van der Waals surface area contributed by atoms with Crippen LogP contribution in [0.3, 0.4) is 0 Å². The van der Waals surface area contributed by atoms with Crippen molar-refractivity contribution in [3.63, 3.8) is 0 Å². The van der Waals surface area contributed by atoms with Crippen LogP contribution < -0.4 is 0 Å². The number of aliphatic carboxylic acids is 1. The molecule has 0 radical (unpaired) electrons. The normalized spacial score (nSPS) is 35.1. The van der Waals surface area contributed by atoms with Crippen LogP contribution in [0, 0.1) is 23.7 Å². The van der Waals surface area contributed by atoms with Crippen molar-refractivity contribution in [2.75, 3.05) is 0 Å². The van der Waals surface area contributed by atoms with Gasteiger partial charge in [-0.2, -0.15) is 0 Å². The van der Waals surface area contributed by atoms with Crippen LogP contribution in [0.5, 0.6) is 0 Å². The van der Waals surface area contributed by atoms with Gasteiger partial charge in [0.05, 0.1) is 5.92 Å². The van der Waals surface area contributed by atoms with Gasteiger partial charge in [0.1, 0.15) is 0 Å². The number of carboxylic acids is 1. The van der Waals surface area contributed by atoms with Crippen molar-refractivity contribution in [3.8, 4) is 0 Å². The molecule has 0 heterocycles. The second kappa shape index (κ2) is 6.58. The van der Waals surface area contributed by atoms with Gasteiger partial charge in [-0.1, -0.05) is 51.9 Å². The Morgan fingerprint density at radius 1 is 1.06 bits per heavy atom. The summed E-state index contributed by atoms with van der Waals surface area (Å²) >= 11 is 0. The largest absolute Gasteiger partial charge is 0.481 e. The molecular weight excluding hydrogens is 224 g/mol. The average Bonchev–Trinajstić information content (AvgIpc) is 2.66. The highest BCUT2D eigenvalue weighted by molar-refractivity contribution is 5.70. The molecule has 2 nitrogen and oxygen atoms in total. The molecule has 2 rings (SSSR count). The zero-order valence-electron chi connectivity index (χ0n) is 11.7. The lowest BCUT2D eigenvalue weighted by molar-refractivity contribution is -0.146. The molecular formula is C16H28O2. The highest BCUT2D eigenvalue weighted by atomic mass is 16.4. The van der Waals surface area contributed by atoms with Crippen molar-refractivity contribution < 1.29 is 9.90 Å². The molecule has 2 aliphatic rings. The molecule has 104 valence electrons. The summed E-state index contributed by atoms with van der Waals surface area (Å²) in [4.78, 5) is 11.5. The standard InChI is InChI=1S/C16H28O2/c1-2-12-9-10-14(16(17)18)15(11-12)13-7-5-3-4-6-8-13/h12-15H,2-11H2,1H3,(H,17,18). The Kier molecular flexibility index (Phi) is 5.08. The molecule has 0 aromatic rings. The van der Waals surface area contributed by atoms with Crippen LogP contribution in [-0.4, -0.2) is 11.1 Å². The van der Waals surface area contributed by atoms with Gasteiger partial charge in [-0.3, -0.25) is 4.79 Å². The van der Waals surface area contributed by atoms with E-state index < -0.39 is 5.97 Å². The summed E-state index contributed by atoms with van der Waals surface area (Å²) in [7, 11) is 0. The number of rotatable bonds is 3. The first-order chi connectivity index (χ1) is 8.72. The summed E-state index contributed by atoms with van der Waals surface area (Å²) < 4.78 is 0. The molecule has 0 aliphatic heterocycles. The lowest BCUT2D eigenvalue weighted by Crippen LogP contribution is -2.35. The quantitative estimate of drug-likeness (QED) is 0.752.